The molecular formula is C18H18N2O4. The highest BCUT2D eigenvalue weighted by Gasteiger charge is 2.63. The standard InChI is InChI=1S/C18H18N2O4/c1-4-11-20-15(21)12-14(16(20)22)18(19-3,17(23)24-5-2)13-9-7-6-8-10-13/h4,6-10,14H,1,5,11-12H2,2H3/t14-,18+/m0/s1. The second kappa shape index (κ2) is 7.09. The first-order chi connectivity index (χ1) is 11.5. The van der Waals surface area contributed by atoms with E-state index in [0.717, 1.165) is 4.90 Å². The SMILES string of the molecule is [C-]#[N+][C@](C(=O)OCC)(c1ccccc1)[C@H]1CC(=O)N(CC=C)C1=O. The van der Waals surface area contributed by atoms with Crippen LogP contribution in [-0.2, 0) is 24.7 Å². The van der Waals surface area contributed by atoms with Crippen LogP contribution in [-0.4, -0.2) is 35.8 Å². The quantitative estimate of drug-likeness (QED) is 0.347. The average Bonchev–Trinajstić information content (AvgIpc) is 2.86. The van der Waals surface area contributed by atoms with Crippen molar-refractivity contribution >= 4 is 17.8 Å². The summed E-state index contributed by atoms with van der Waals surface area (Å²) in [4.78, 5) is 42.1. The maximum Gasteiger partial charge on any atom is 0.399 e. The van der Waals surface area contributed by atoms with Gasteiger partial charge >= 0.3 is 11.5 Å². The lowest BCUT2D eigenvalue weighted by molar-refractivity contribution is -0.153. The Morgan fingerprint density at radius 3 is 2.67 bits per heavy atom. The molecule has 1 saturated heterocycles. The third-order valence-corrected chi connectivity index (χ3v) is 4.04. The number of nitrogens with zero attached hydrogens (tertiary/aromatic N) is 2. The Kier molecular flexibility index (Phi) is 5.14. The zero-order valence-electron chi connectivity index (χ0n) is 13.4. The number of likely N-dealkylation sites (tertiary alicyclic amines) is 1. The van der Waals surface area contributed by atoms with Crippen LogP contribution in [0, 0.1) is 12.5 Å². The van der Waals surface area contributed by atoms with Gasteiger partial charge in [0.2, 0.25) is 11.8 Å². The molecule has 1 fully saturated rings. The van der Waals surface area contributed by atoms with Gasteiger partial charge in [0.05, 0.1) is 6.61 Å². The molecule has 1 heterocycles. The highest BCUT2D eigenvalue weighted by Crippen LogP contribution is 2.42. The Labute approximate surface area is 140 Å². The van der Waals surface area contributed by atoms with Crippen LogP contribution in [0.5, 0.6) is 0 Å². The van der Waals surface area contributed by atoms with Crippen LogP contribution in [0.1, 0.15) is 18.9 Å². The molecule has 0 N–H and O–H groups in total. The van der Waals surface area contributed by atoms with Gasteiger partial charge in [-0.25, -0.2) is 11.4 Å². The molecule has 0 radical (unpaired) electrons. The molecule has 0 unspecified atom stereocenters. The maximum absolute atomic E-state index is 12.7. The normalized spacial score (nSPS) is 19.5. The van der Waals surface area contributed by atoms with Crippen LogP contribution in [0.25, 0.3) is 4.85 Å². The van der Waals surface area contributed by atoms with Crippen LogP contribution in [0.3, 0.4) is 0 Å². The van der Waals surface area contributed by atoms with Crippen LogP contribution < -0.4 is 0 Å². The number of rotatable bonds is 6. The van der Waals surface area contributed by atoms with Crippen LogP contribution in [0.4, 0.5) is 0 Å². The number of benzene rings is 1. The molecule has 0 spiro atoms. The Morgan fingerprint density at radius 2 is 2.12 bits per heavy atom. The van der Waals surface area contributed by atoms with E-state index >= 15 is 0 Å². The number of imide groups is 1. The molecule has 1 aliphatic heterocycles. The Hall–Kier alpha value is -2.94. The van der Waals surface area contributed by atoms with Gasteiger partial charge in [0.15, 0.2) is 0 Å². The minimum atomic E-state index is -1.86. The minimum absolute atomic E-state index is 0.0554. The summed E-state index contributed by atoms with van der Waals surface area (Å²) in [5.74, 6) is -2.88. The smallest absolute Gasteiger partial charge is 0.399 e. The first kappa shape index (κ1) is 17.4. The van der Waals surface area contributed by atoms with E-state index in [9.17, 15) is 14.4 Å². The van der Waals surface area contributed by atoms with Crippen molar-refractivity contribution < 1.29 is 19.1 Å². The molecule has 0 aliphatic carbocycles. The predicted molar refractivity (Wildman–Crippen MR) is 86.4 cm³/mol. The Balaban J connectivity index is 2.57. The molecule has 6 nitrogen and oxygen atoms in total. The van der Waals surface area contributed by atoms with Gasteiger partial charge in [-0.2, -0.15) is 0 Å². The predicted octanol–water partition coefficient (Wildman–Crippen LogP) is 1.93. The van der Waals surface area contributed by atoms with Crippen molar-refractivity contribution in [1.82, 2.24) is 4.90 Å². The van der Waals surface area contributed by atoms with E-state index in [0.29, 0.717) is 5.56 Å². The summed E-state index contributed by atoms with van der Waals surface area (Å²) in [6.07, 6.45) is 1.23. The van der Waals surface area contributed by atoms with Gasteiger partial charge in [0, 0.05) is 18.5 Å². The third kappa shape index (κ3) is 2.69. The van der Waals surface area contributed by atoms with Crippen LogP contribution in [0.2, 0.25) is 0 Å². The monoisotopic (exact) mass is 326 g/mol. The largest absolute Gasteiger partial charge is 0.460 e. The number of carbonyl (C=O) groups is 3. The Morgan fingerprint density at radius 1 is 1.46 bits per heavy atom. The molecule has 2 atom stereocenters. The molecule has 2 amide bonds. The number of carbonyl (C=O) groups excluding carboxylic acids is 3. The number of ether oxygens (including phenoxy) is 1. The van der Waals surface area contributed by atoms with Gasteiger partial charge in [-0.05, 0) is 6.92 Å². The fourth-order valence-corrected chi connectivity index (χ4v) is 2.91. The molecule has 24 heavy (non-hydrogen) atoms. The molecular weight excluding hydrogens is 308 g/mol. The van der Waals surface area contributed by atoms with E-state index in [1.165, 1.54) is 6.08 Å². The van der Waals surface area contributed by atoms with E-state index in [-0.39, 0.29) is 19.6 Å². The highest BCUT2D eigenvalue weighted by atomic mass is 16.5. The second-order valence-electron chi connectivity index (χ2n) is 5.35. The summed E-state index contributed by atoms with van der Waals surface area (Å²) < 4.78 is 5.09. The molecule has 1 aromatic carbocycles. The molecule has 0 saturated carbocycles. The van der Waals surface area contributed by atoms with E-state index in [4.69, 9.17) is 11.3 Å². The topological polar surface area (TPSA) is 68.0 Å². The zero-order chi connectivity index (χ0) is 17.7. The third-order valence-electron chi connectivity index (χ3n) is 4.04. The van der Waals surface area contributed by atoms with E-state index < -0.39 is 29.2 Å². The van der Waals surface area contributed by atoms with Crippen molar-refractivity contribution in [3.8, 4) is 0 Å². The lowest BCUT2D eigenvalue weighted by Crippen LogP contribution is -2.45. The summed E-state index contributed by atoms with van der Waals surface area (Å²) in [5.41, 5.74) is -1.51. The van der Waals surface area contributed by atoms with Crippen molar-refractivity contribution in [1.29, 1.82) is 0 Å². The summed E-state index contributed by atoms with van der Waals surface area (Å²) in [7, 11) is 0. The van der Waals surface area contributed by atoms with Crippen LogP contribution in [0.15, 0.2) is 43.0 Å². The van der Waals surface area contributed by atoms with Gasteiger partial charge in [-0.3, -0.25) is 19.3 Å². The number of hydrogen-bond acceptors (Lipinski definition) is 4. The summed E-state index contributed by atoms with van der Waals surface area (Å²) in [5, 5.41) is 0. The fraction of sp³-hybridized carbons (Fsp3) is 0.333. The van der Waals surface area contributed by atoms with Gasteiger partial charge in [0.25, 0.3) is 0 Å². The molecule has 0 aromatic heterocycles. The fourth-order valence-electron chi connectivity index (χ4n) is 2.91. The Bertz CT molecular complexity index is 707. The van der Waals surface area contributed by atoms with Gasteiger partial charge < -0.3 is 4.74 Å². The lowest BCUT2D eigenvalue weighted by Gasteiger charge is -2.24. The van der Waals surface area contributed by atoms with E-state index in [1.54, 1.807) is 37.3 Å². The summed E-state index contributed by atoms with van der Waals surface area (Å²) in [6.45, 7) is 13.0. The minimum Gasteiger partial charge on any atom is -0.460 e. The maximum atomic E-state index is 12.7. The van der Waals surface area contributed by atoms with Crippen molar-refractivity contribution in [2.24, 2.45) is 5.92 Å². The second-order valence-corrected chi connectivity index (χ2v) is 5.35. The van der Waals surface area contributed by atoms with Gasteiger partial charge in [-0.1, -0.05) is 36.4 Å². The zero-order valence-corrected chi connectivity index (χ0v) is 13.4. The van der Waals surface area contributed by atoms with Crippen molar-refractivity contribution in [3.63, 3.8) is 0 Å². The first-order valence-electron chi connectivity index (χ1n) is 7.59. The van der Waals surface area contributed by atoms with Crippen LogP contribution >= 0.6 is 0 Å². The van der Waals surface area contributed by atoms with E-state index in [1.807, 2.05) is 0 Å². The van der Waals surface area contributed by atoms with Crippen molar-refractivity contribution in [2.75, 3.05) is 13.2 Å². The van der Waals surface area contributed by atoms with E-state index in [2.05, 4.69) is 11.4 Å². The number of amides is 2. The first-order valence-corrected chi connectivity index (χ1v) is 7.59. The van der Waals surface area contributed by atoms with Gasteiger partial charge in [-0.15, -0.1) is 6.58 Å². The molecule has 1 aromatic rings. The molecule has 1 aliphatic rings. The molecule has 124 valence electrons. The average molecular weight is 326 g/mol. The summed E-state index contributed by atoms with van der Waals surface area (Å²) in [6, 6.07) is 8.30. The number of esters is 1. The molecule has 6 heteroatoms. The lowest BCUT2D eigenvalue weighted by atomic mass is 9.77. The summed E-state index contributed by atoms with van der Waals surface area (Å²) >= 11 is 0. The van der Waals surface area contributed by atoms with Crippen molar-refractivity contribution in [2.45, 2.75) is 18.9 Å². The molecule has 0 bridgehead atoms. The van der Waals surface area contributed by atoms with Crippen molar-refractivity contribution in [3.05, 3.63) is 60.0 Å². The highest BCUT2D eigenvalue weighted by molar-refractivity contribution is 6.07. The van der Waals surface area contributed by atoms with Gasteiger partial charge in [0.1, 0.15) is 5.92 Å². The number of hydrogen-bond donors (Lipinski definition) is 0. The molecule has 2 rings (SSSR count).